The lowest BCUT2D eigenvalue weighted by Crippen LogP contribution is -2.53. The van der Waals surface area contributed by atoms with E-state index in [1.807, 2.05) is 6.07 Å². The average molecular weight is 545 g/mol. The van der Waals surface area contributed by atoms with Crippen LogP contribution in [-0.2, 0) is 18.3 Å². The summed E-state index contributed by atoms with van der Waals surface area (Å²) in [5, 5.41) is 0. The van der Waals surface area contributed by atoms with Crippen molar-refractivity contribution in [2.24, 2.45) is 7.05 Å². The van der Waals surface area contributed by atoms with E-state index in [4.69, 9.17) is 24.7 Å². The van der Waals surface area contributed by atoms with Crippen LogP contribution in [0, 0.1) is 0 Å². The molecule has 40 heavy (non-hydrogen) atoms. The van der Waals surface area contributed by atoms with Crippen LogP contribution >= 0.6 is 0 Å². The Kier molecular flexibility index (Phi) is 6.40. The van der Waals surface area contributed by atoms with E-state index in [0.29, 0.717) is 19.2 Å². The van der Waals surface area contributed by atoms with Crippen LogP contribution in [0.3, 0.4) is 0 Å². The molecule has 0 bridgehead atoms. The van der Waals surface area contributed by atoms with Gasteiger partial charge >= 0.3 is 0 Å². The van der Waals surface area contributed by atoms with Crippen LogP contribution in [0.1, 0.15) is 33.0 Å². The van der Waals surface area contributed by atoms with Crippen molar-refractivity contribution in [3.63, 3.8) is 0 Å². The number of morpholine rings is 1. The summed E-state index contributed by atoms with van der Waals surface area (Å²) < 4.78 is 9.99. The molecular weight excluding hydrogens is 504 g/mol. The van der Waals surface area contributed by atoms with Gasteiger partial charge in [-0.05, 0) is 39.3 Å². The molecule has 3 aliphatic heterocycles. The van der Waals surface area contributed by atoms with Gasteiger partial charge in [0.05, 0.1) is 30.8 Å². The number of anilines is 2. The first-order valence-electron chi connectivity index (χ1n) is 14.6. The zero-order valence-corrected chi connectivity index (χ0v) is 24.2. The molecule has 11 nitrogen and oxygen atoms in total. The Balaban J connectivity index is 1.31. The molecule has 0 amide bonds. The number of nitrogens with zero attached hydrogens (tertiary/aromatic N) is 10. The van der Waals surface area contributed by atoms with Gasteiger partial charge in [-0.15, -0.1) is 0 Å². The van der Waals surface area contributed by atoms with E-state index in [1.165, 1.54) is 6.42 Å². The third-order valence-corrected chi connectivity index (χ3v) is 8.66. The van der Waals surface area contributed by atoms with Crippen molar-refractivity contribution in [2.45, 2.75) is 39.3 Å². The lowest BCUT2D eigenvalue weighted by Gasteiger charge is -2.42. The largest absolute Gasteiger partial charge is 0.378 e. The van der Waals surface area contributed by atoms with Gasteiger partial charge in [-0.2, -0.15) is 9.97 Å². The van der Waals surface area contributed by atoms with Crippen LogP contribution in [0.4, 0.5) is 11.8 Å². The highest BCUT2D eigenvalue weighted by Gasteiger charge is 2.29. The Morgan fingerprint density at radius 3 is 2.27 bits per heavy atom. The first-order chi connectivity index (χ1) is 19.4. The van der Waals surface area contributed by atoms with Crippen LogP contribution in [0.5, 0.6) is 0 Å². The highest BCUT2D eigenvalue weighted by atomic mass is 16.5. The van der Waals surface area contributed by atoms with Crippen molar-refractivity contribution in [3.8, 4) is 5.95 Å². The minimum absolute atomic E-state index is 0.204. The highest BCUT2D eigenvalue weighted by molar-refractivity contribution is 5.86. The standard InChI is InChI=1S/C29H40N10O/c1-29(2,3)38-14-12-35(13-15-38)20-23-31-24-25(34(23)4)32-27(33-26(24)36-16-18-40-19-17-36)39-22-9-6-5-8-21(22)30-28(39)37-10-7-11-37/h5-6,8-9H,7,10-20H2,1-4H3. The predicted molar refractivity (Wildman–Crippen MR) is 157 cm³/mol. The minimum atomic E-state index is 0.204. The number of rotatable bonds is 5. The van der Waals surface area contributed by atoms with Crippen LogP contribution in [0.15, 0.2) is 24.3 Å². The van der Waals surface area contributed by atoms with Crippen LogP contribution in [-0.4, -0.2) is 110 Å². The third kappa shape index (κ3) is 4.49. The number of piperazine rings is 1. The number of hydrogen-bond donors (Lipinski definition) is 0. The number of fused-ring (bicyclic) bond motifs is 2. The minimum Gasteiger partial charge on any atom is -0.378 e. The second-order valence-electron chi connectivity index (χ2n) is 12.2. The smallest absolute Gasteiger partial charge is 0.241 e. The number of benzene rings is 1. The van der Waals surface area contributed by atoms with Crippen molar-refractivity contribution in [3.05, 3.63) is 30.1 Å². The molecule has 0 N–H and O–H groups in total. The summed E-state index contributed by atoms with van der Waals surface area (Å²) in [5.41, 5.74) is 3.92. The molecule has 0 aliphatic carbocycles. The van der Waals surface area contributed by atoms with E-state index in [0.717, 1.165) is 98.7 Å². The van der Waals surface area contributed by atoms with Gasteiger partial charge in [0.2, 0.25) is 11.9 Å². The molecule has 11 heteroatoms. The van der Waals surface area contributed by atoms with Gasteiger partial charge in [-0.1, -0.05) is 12.1 Å². The SMILES string of the molecule is Cn1c(CN2CCN(C(C)(C)C)CC2)nc2c(N3CCOCC3)nc(-n3c(N4CCC4)nc4ccccc43)nc21. The molecule has 3 aliphatic rings. The predicted octanol–water partition coefficient (Wildman–Crippen LogP) is 2.67. The molecule has 212 valence electrons. The molecule has 1 aromatic carbocycles. The molecule has 0 atom stereocenters. The molecule has 3 saturated heterocycles. The first-order valence-corrected chi connectivity index (χ1v) is 14.6. The third-order valence-electron chi connectivity index (χ3n) is 8.66. The van der Waals surface area contributed by atoms with E-state index in [1.54, 1.807) is 0 Å². The van der Waals surface area contributed by atoms with E-state index < -0.39 is 0 Å². The van der Waals surface area contributed by atoms with Crippen molar-refractivity contribution in [2.75, 3.05) is 75.4 Å². The Labute approximate surface area is 235 Å². The number of hydrogen-bond acceptors (Lipinski definition) is 9. The second kappa shape index (κ2) is 9.97. The molecule has 7 rings (SSSR count). The van der Waals surface area contributed by atoms with Gasteiger partial charge in [-0.3, -0.25) is 9.80 Å². The summed E-state index contributed by atoms with van der Waals surface area (Å²) in [6.45, 7) is 16.9. The van der Waals surface area contributed by atoms with Gasteiger partial charge in [-0.25, -0.2) is 14.5 Å². The fourth-order valence-electron chi connectivity index (χ4n) is 6.03. The van der Waals surface area contributed by atoms with Crippen molar-refractivity contribution < 1.29 is 4.74 Å². The summed E-state index contributed by atoms with van der Waals surface area (Å²) >= 11 is 0. The van der Waals surface area contributed by atoms with Crippen molar-refractivity contribution >= 4 is 34.0 Å². The summed E-state index contributed by atoms with van der Waals surface area (Å²) in [7, 11) is 2.10. The lowest BCUT2D eigenvalue weighted by atomic mass is 10.1. The Bertz CT molecular complexity index is 1520. The first kappa shape index (κ1) is 25.7. The normalized spacial score (nSPS) is 19.6. The Morgan fingerprint density at radius 2 is 1.57 bits per heavy atom. The maximum absolute atomic E-state index is 5.68. The molecule has 3 aromatic heterocycles. The fraction of sp³-hybridized carbons (Fsp3) is 0.586. The number of aryl methyl sites for hydroxylation is 1. The summed E-state index contributed by atoms with van der Waals surface area (Å²) in [6, 6.07) is 8.28. The molecule has 0 radical (unpaired) electrons. The Hall–Kier alpha value is -3.28. The molecule has 6 heterocycles. The molecule has 4 aromatic rings. The second-order valence-corrected chi connectivity index (χ2v) is 12.2. The van der Waals surface area contributed by atoms with Crippen molar-refractivity contribution in [1.29, 1.82) is 0 Å². The maximum atomic E-state index is 5.68. The van der Waals surface area contributed by atoms with Gasteiger partial charge < -0.3 is 19.1 Å². The van der Waals surface area contributed by atoms with E-state index in [2.05, 4.69) is 74.8 Å². The van der Waals surface area contributed by atoms with E-state index >= 15 is 0 Å². The number of aromatic nitrogens is 6. The number of imidazole rings is 2. The van der Waals surface area contributed by atoms with Gasteiger partial charge in [0, 0.05) is 64.9 Å². The number of ether oxygens (including phenoxy) is 1. The maximum Gasteiger partial charge on any atom is 0.241 e. The molecule has 0 saturated carbocycles. The monoisotopic (exact) mass is 544 g/mol. The van der Waals surface area contributed by atoms with Crippen LogP contribution in [0.25, 0.3) is 28.1 Å². The zero-order chi connectivity index (χ0) is 27.4. The fourth-order valence-corrected chi connectivity index (χ4v) is 6.03. The molecular formula is C29H40N10O. The highest BCUT2D eigenvalue weighted by Crippen LogP contribution is 2.32. The van der Waals surface area contributed by atoms with Crippen LogP contribution in [0.2, 0.25) is 0 Å². The molecule has 3 fully saturated rings. The van der Waals surface area contributed by atoms with Crippen LogP contribution < -0.4 is 9.80 Å². The summed E-state index contributed by atoms with van der Waals surface area (Å²) in [4.78, 5) is 30.3. The zero-order valence-electron chi connectivity index (χ0n) is 24.2. The van der Waals surface area contributed by atoms with E-state index in [-0.39, 0.29) is 5.54 Å². The van der Waals surface area contributed by atoms with Gasteiger partial charge in [0.1, 0.15) is 5.82 Å². The topological polar surface area (TPSA) is 83.6 Å². The van der Waals surface area contributed by atoms with Gasteiger partial charge in [0.25, 0.3) is 0 Å². The summed E-state index contributed by atoms with van der Waals surface area (Å²) in [6.07, 6.45) is 1.18. The quantitative estimate of drug-likeness (QED) is 0.377. The summed E-state index contributed by atoms with van der Waals surface area (Å²) in [5.74, 6) is 3.48. The van der Waals surface area contributed by atoms with E-state index in [9.17, 15) is 0 Å². The molecule has 0 unspecified atom stereocenters. The van der Waals surface area contributed by atoms with Gasteiger partial charge in [0.15, 0.2) is 17.0 Å². The lowest BCUT2D eigenvalue weighted by molar-refractivity contribution is 0.0577. The molecule has 0 spiro atoms. The number of para-hydroxylation sites is 2. The average Bonchev–Trinajstić information content (AvgIpc) is 3.45. The van der Waals surface area contributed by atoms with Crippen molar-refractivity contribution in [1.82, 2.24) is 38.9 Å². The Morgan fingerprint density at radius 1 is 0.825 bits per heavy atom.